The predicted octanol–water partition coefficient (Wildman–Crippen LogP) is 1.55. The quantitative estimate of drug-likeness (QED) is 0.792. The number of carbonyl (C=O) groups excluding carboxylic acids is 2. The van der Waals surface area contributed by atoms with Crippen molar-refractivity contribution in [1.29, 1.82) is 0 Å². The van der Waals surface area contributed by atoms with Crippen LogP contribution in [0, 0.1) is 5.92 Å². The number of nitrogens with one attached hydrogen (secondary N) is 1. The zero-order valence-corrected chi connectivity index (χ0v) is 11.3. The predicted molar refractivity (Wildman–Crippen MR) is 67.5 cm³/mol. The third kappa shape index (κ3) is 3.72. The molecule has 1 fully saturated rings. The minimum absolute atomic E-state index is 0.00481. The van der Waals surface area contributed by atoms with Crippen LogP contribution in [0.4, 0.5) is 0 Å². The van der Waals surface area contributed by atoms with Crippen LogP contribution in [-0.2, 0) is 9.59 Å². The van der Waals surface area contributed by atoms with Gasteiger partial charge in [0.15, 0.2) is 0 Å². The number of amides is 2. The van der Waals surface area contributed by atoms with E-state index in [0.29, 0.717) is 25.3 Å². The number of likely N-dealkylation sites (tertiary alicyclic amines) is 1. The first-order valence-corrected chi connectivity index (χ1v) is 6.52. The van der Waals surface area contributed by atoms with Gasteiger partial charge in [0.1, 0.15) is 6.04 Å². The summed E-state index contributed by atoms with van der Waals surface area (Å²) in [6.45, 7) is 8.87. The zero-order valence-electron chi connectivity index (χ0n) is 11.3. The number of rotatable bonds is 5. The molecule has 0 spiro atoms. The van der Waals surface area contributed by atoms with E-state index in [0.717, 1.165) is 6.42 Å². The Bertz CT molecular complexity index is 287. The van der Waals surface area contributed by atoms with Crippen molar-refractivity contribution in [3.05, 3.63) is 0 Å². The molecule has 1 heterocycles. The first-order chi connectivity index (χ1) is 7.93. The van der Waals surface area contributed by atoms with Crippen LogP contribution in [0.3, 0.4) is 0 Å². The first kappa shape index (κ1) is 14.0. The van der Waals surface area contributed by atoms with Gasteiger partial charge >= 0.3 is 0 Å². The summed E-state index contributed by atoms with van der Waals surface area (Å²) in [5.41, 5.74) is 0. The summed E-state index contributed by atoms with van der Waals surface area (Å²) in [6.07, 6.45) is 2.14. The fourth-order valence-corrected chi connectivity index (χ4v) is 2.21. The van der Waals surface area contributed by atoms with E-state index in [1.807, 2.05) is 13.8 Å². The van der Waals surface area contributed by atoms with E-state index < -0.39 is 0 Å². The van der Waals surface area contributed by atoms with Crippen molar-refractivity contribution in [2.24, 2.45) is 5.92 Å². The van der Waals surface area contributed by atoms with E-state index in [9.17, 15) is 9.59 Å². The third-order valence-corrected chi connectivity index (χ3v) is 3.14. The molecule has 1 rings (SSSR count). The monoisotopic (exact) mass is 240 g/mol. The highest BCUT2D eigenvalue weighted by Crippen LogP contribution is 2.21. The van der Waals surface area contributed by atoms with Crippen LogP contribution in [0.1, 0.15) is 47.0 Å². The molecule has 17 heavy (non-hydrogen) atoms. The average molecular weight is 240 g/mol. The smallest absolute Gasteiger partial charge is 0.242 e. The molecule has 0 aromatic carbocycles. The Morgan fingerprint density at radius 1 is 1.41 bits per heavy atom. The minimum Gasteiger partial charge on any atom is -0.354 e. The second kappa shape index (κ2) is 6.03. The molecule has 4 heteroatoms. The van der Waals surface area contributed by atoms with E-state index in [1.165, 1.54) is 0 Å². The summed E-state index contributed by atoms with van der Waals surface area (Å²) in [6, 6.07) is -0.152. The molecule has 98 valence electrons. The van der Waals surface area contributed by atoms with Gasteiger partial charge in [-0.05, 0) is 32.6 Å². The molecule has 1 saturated heterocycles. The Kier molecular flexibility index (Phi) is 4.97. The van der Waals surface area contributed by atoms with Crippen LogP contribution < -0.4 is 5.32 Å². The Morgan fingerprint density at radius 2 is 2.06 bits per heavy atom. The van der Waals surface area contributed by atoms with E-state index in [1.54, 1.807) is 4.90 Å². The molecule has 0 aromatic rings. The van der Waals surface area contributed by atoms with Gasteiger partial charge in [-0.15, -0.1) is 0 Å². The molecule has 0 unspecified atom stereocenters. The molecule has 0 radical (unpaired) electrons. The lowest BCUT2D eigenvalue weighted by Gasteiger charge is -2.27. The van der Waals surface area contributed by atoms with E-state index in [4.69, 9.17) is 0 Å². The Balaban J connectivity index is 2.48. The summed E-state index contributed by atoms with van der Waals surface area (Å²) in [4.78, 5) is 25.4. The number of carbonyl (C=O) groups is 2. The van der Waals surface area contributed by atoms with Crippen LogP contribution >= 0.6 is 0 Å². The average Bonchev–Trinajstić information content (AvgIpc) is 2.59. The molecule has 1 N–H and O–H groups in total. The third-order valence-electron chi connectivity index (χ3n) is 3.14. The van der Waals surface area contributed by atoms with Gasteiger partial charge in [-0.3, -0.25) is 9.59 Å². The van der Waals surface area contributed by atoms with Crippen molar-refractivity contribution >= 4 is 11.8 Å². The minimum atomic E-state index is -0.255. The van der Waals surface area contributed by atoms with Gasteiger partial charge in [0, 0.05) is 19.0 Å². The molecular formula is C13H24N2O2. The van der Waals surface area contributed by atoms with Crippen LogP contribution in [0.5, 0.6) is 0 Å². The van der Waals surface area contributed by atoms with Gasteiger partial charge in [-0.2, -0.15) is 0 Å². The lowest BCUT2D eigenvalue weighted by atomic mass is 10.1. The van der Waals surface area contributed by atoms with Crippen LogP contribution in [0.25, 0.3) is 0 Å². The second-order valence-corrected chi connectivity index (χ2v) is 5.42. The Hall–Kier alpha value is -1.06. The molecule has 2 amide bonds. The van der Waals surface area contributed by atoms with Crippen molar-refractivity contribution in [2.75, 3.05) is 6.54 Å². The van der Waals surface area contributed by atoms with E-state index >= 15 is 0 Å². The van der Waals surface area contributed by atoms with E-state index in [2.05, 4.69) is 19.2 Å². The fourth-order valence-electron chi connectivity index (χ4n) is 2.21. The van der Waals surface area contributed by atoms with Crippen LogP contribution in [-0.4, -0.2) is 35.3 Å². The first-order valence-electron chi connectivity index (χ1n) is 6.52. The molecule has 0 bridgehead atoms. The molecule has 0 saturated carbocycles. The van der Waals surface area contributed by atoms with Crippen molar-refractivity contribution in [1.82, 2.24) is 10.2 Å². The molecule has 1 aliphatic heterocycles. The Morgan fingerprint density at radius 3 is 2.59 bits per heavy atom. The lowest BCUT2D eigenvalue weighted by Crippen LogP contribution is -2.47. The highest BCUT2D eigenvalue weighted by atomic mass is 16.2. The highest BCUT2D eigenvalue weighted by molar-refractivity contribution is 5.91. The van der Waals surface area contributed by atoms with Gasteiger partial charge in [0.05, 0.1) is 0 Å². The van der Waals surface area contributed by atoms with Crippen molar-refractivity contribution in [3.63, 3.8) is 0 Å². The SMILES string of the molecule is CC(C)CCNC(=O)[C@@H]1CCC(=O)N1C(C)C. The van der Waals surface area contributed by atoms with E-state index in [-0.39, 0.29) is 23.9 Å². The Labute approximate surface area is 104 Å². The largest absolute Gasteiger partial charge is 0.354 e. The van der Waals surface area contributed by atoms with Crippen molar-refractivity contribution in [3.8, 4) is 0 Å². The van der Waals surface area contributed by atoms with Crippen molar-refractivity contribution < 1.29 is 9.59 Å². The standard InChI is InChI=1S/C13H24N2O2/c1-9(2)7-8-14-13(17)11-5-6-12(16)15(11)10(3)4/h9-11H,5-8H2,1-4H3,(H,14,17)/t11-/m0/s1. The molecular weight excluding hydrogens is 216 g/mol. The summed E-state index contributed by atoms with van der Waals surface area (Å²) in [5.74, 6) is 0.691. The normalized spacial score (nSPS) is 20.5. The molecule has 4 nitrogen and oxygen atoms in total. The maximum atomic E-state index is 12.0. The summed E-state index contributed by atoms with van der Waals surface area (Å²) in [7, 11) is 0. The fraction of sp³-hybridized carbons (Fsp3) is 0.846. The van der Waals surface area contributed by atoms with Crippen LogP contribution in [0.15, 0.2) is 0 Å². The van der Waals surface area contributed by atoms with Gasteiger partial charge in [0.25, 0.3) is 0 Å². The maximum absolute atomic E-state index is 12.0. The van der Waals surface area contributed by atoms with Crippen LogP contribution in [0.2, 0.25) is 0 Å². The maximum Gasteiger partial charge on any atom is 0.242 e. The number of nitrogens with zero attached hydrogens (tertiary/aromatic N) is 1. The number of hydrogen-bond donors (Lipinski definition) is 1. The molecule has 0 aliphatic carbocycles. The summed E-state index contributed by atoms with van der Waals surface area (Å²) >= 11 is 0. The second-order valence-electron chi connectivity index (χ2n) is 5.42. The molecule has 1 aliphatic rings. The number of hydrogen-bond acceptors (Lipinski definition) is 2. The summed E-state index contributed by atoms with van der Waals surface area (Å²) < 4.78 is 0. The van der Waals surface area contributed by atoms with Gasteiger partial charge < -0.3 is 10.2 Å². The highest BCUT2D eigenvalue weighted by Gasteiger charge is 2.37. The van der Waals surface area contributed by atoms with Gasteiger partial charge in [0.2, 0.25) is 11.8 Å². The van der Waals surface area contributed by atoms with Crippen molar-refractivity contribution in [2.45, 2.75) is 59.0 Å². The zero-order chi connectivity index (χ0) is 13.0. The van der Waals surface area contributed by atoms with Gasteiger partial charge in [-0.1, -0.05) is 13.8 Å². The topological polar surface area (TPSA) is 49.4 Å². The summed E-state index contributed by atoms with van der Waals surface area (Å²) in [5, 5.41) is 2.93. The lowest BCUT2D eigenvalue weighted by molar-refractivity contribution is -0.136. The molecule has 0 aromatic heterocycles. The molecule has 1 atom stereocenters. The van der Waals surface area contributed by atoms with Gasteiger partial charge in [-0.25, -0.2) is 0 Å².